The van der Waals surface area contributed by atoms with Gasteiger partial charge >= 0.3 is 5.97 Å². The number of fused-ring (bicyclic) bond motifs is 1. The van der Waals surface area contributed by atoms with E-state index in [0.29, 0.717) is 37.3 Å². The summed E-state index contributed by atoms with van der Waals surface area (Å²) in [6.45, 7) is 8.27. The average Bonchev–Trinajstić information content (AvgIpc) is 3.39. The minimum Gasteiger partial charge on any atom is -0.473 e. The van der Waals surface area contributed by atoms with E-state index >= 15 is 0 Å². The highest BCUT2D eigenvalue weighted by molar-refractivity contribution is 6.01. The summed E-state index contributed by atoms with van der Waals surface area (Å²) in [5, 5.41) is 6.04. The summed E-state index contributed by atoms with van der Waals surface area (Å²) in [4.78, 5) is 19.7. The molecule has 1 aliphatic rings. The second-order valence-electron chi connectivity index (χ2n) is 12.9. The van der Waals surface area contributed by atoms with Crippen LogP contribution in [0.5, 0.6) is 11.8 Å². The smallest absolute Gasteiger partial charge is 0.306 e. The van der Waals surface area contributed by atoms with Gasteiger partial charge in [-0.3, -0.25) is 9.48 Å². The Morgan fingerprint density at radius 3 is 2.13 bits per heavy atom. The Balaban J connectivity index is 1.26. The quantitative estimate of drug-likeness (QED) is 0.148. The molecule has 0 atom stereocenters. The Morgan fingerprint density at radius 1 is 0.826 bits per heavy atom. The summed E-state index contributed by atoms with van der Waals surface area (Å²) < 4.78 is 20.0. The fraction of sp³-hybridized carbons (Fsp3) is 0.342. The van der Waals surface area contributed by atoms with Crippen LogP contribution >= 0.6 is 0 Å². The first-order valence-electron chi connectivity index (χ1n) is 16.0. The molecule has 8 nitrogen and oxygen atoms in total. The Labute approximate surface area is 270 Å². The maximum absolute atomic E-state index is 12.4. The molecule has 0 N–H and O–H groups in total. The fourth-order valence-electron chi connectivity index (χ4n) is 6.02. The van der Waals surface area contributed by atoms with Crippen LogP contribution in [0.2, 0.25) is 0 Å². The van der Waals surface area contributed by atoms with Crippen LogP contribution in [0.1, 0.15) is 51.2 Å². The lowest BCUT2D eigenvalue weighted by Gasteiger charge is -2.34. The summed E-state index contributed by atoms with van der Waals surface area (Å²) in [5.74, 6) is 1.18. The SMILES string of the molecule is Cn1nc(-c2ccc(OCc3ccccc3)nc2OCc2ccccc2)c2cccc(N3CCC(CC(=O)OC(C)(C)C)CC3)c21. The Hall–Kier alpha value is -4.85. The molecule has 6 rings (SSSR count). The normalized spacial score (nSPS) is 14.0. The molecule has 0 bridgehead atoms. The van der Waals surface area contributed by atoms with Gasteiger partial charge in [0.15, 0.2) is 0 Å². The van der Waals surface area contributed by atoms with Crippen molar-refractivity contribution in [2.24, 2.45) is 13.0 Å². The van der Waals surface area contributed by atoms with Crippen LogP contribution in [-0.2, 0) is 29.8 Å². The van der Waals surface area contributed by atoms with Crippen molar-refractivity contribution in [2.75, 3.05) is 18.0 Å². The summed E-state index contributed by atoms with van der Waals surface area (Å²) in [6, 6.07) is 30.3. The number of carbonyl (C=O) groups is 1. The standard InChI is InChI=1S/C38H42N4O4/c1-38(2,3)46-34(43)24-27-20-22-42(23-21-27)32-17-11-16-30-35(40-41(4)36(30)32)31-18-19-33(44-25-28-12-7-5-8-13-28)39-37(31)45-26-29-14-9-6-10-15-29/h5-19,27H,20-26H2,1-4H3. The first kappa shape index (κ1) is 31.1. The number of hydrogen-bond donors (Lipinski definition) is 0. The predicted molar refractivity (Wildman–Crippen MR) is 181 cm³/mol. The number of nitrogens with zero attached hydrogens (tertiary/aromatic N) is 4. The first-order chi connectivity index (χ1) is 22.2. The van der Waals surface area contributed by atoms with Gasteiger partial charge in [-0.05, 0) is 62.8 Å². The van der Waals surface area contributed by atoms with Gasteiger partial charge in [-0.15, -0.1) is 0 Å². The van der Waals surface area contributed by atoms with Crippen molar-refractivity contribution < 1.29 is 19.0 Å². The number of para-hydroxylation sites is 1. The highest BCUT2D eigenvalue weighted by Gasteiger charge is 2.27. The lowest BCUT2D eigenvalue weighted by Crippen LogP contribution is -2.35. The number of hydrogen-bond acceptors (Lipinski definition) is 7. The molecule has 0 aliphatic carbocycles. The van der Waals surface area contributed by atoms with Crippen LogP contribution < -0.4 is 14.4 Å². The van der Waals surface area contributed by atoms with Gasteiger partial charge < -0.3 is 19.1 Å². The number of ether oxygens (including phenoxy) is 3. The molecule has 2 aromatic heterocycles. The van der Waals surface area contributed by atoms with Crippen molar-refractivity contribution in [2.45, 2.75) is 58.8 Å². The Morgan fingerprint density at radius 2 is 1.48 bits per heavy atom. The third-order valence-corrected chi connectivity index (χ3v) is 8.21. The summed E-state index contributed by atoms with van der Waals surface area (Å²) in [5.41, 5.74) is 5.47. The maximum Gasteiger partial charge on any atom is 0.306 e. The molecule has 1 aliphatic heterocycles. The van der Waals surface area contributed by atoms with Gasteiger partial charge in [-0.25, -0.2) is 0 Å². The van der Waals surface area contributed by atoms with Crippen molar-refractivity contribution in [3.8, 4) is 23.0 Å². The minimum atomic E-state index is -0.456. The molecule has 0 radical (unpaired) electrons. The molecule has 0 amide bonds. The Bertz CT molecular complexity index is 1770. The van der Waals surface area contributed by atoms with Crippen LogP contribution in [-0.4, -0.2) is 39.4 Å². The van der Waals surface area contributed by atoms with E-state index in [1.54, 1.807) is 0 Å². The molecule has 3 aromatic carbocycles. The third-order valence-electron chi connectivity index (χ3n) is 8.21. The number of benzene rings is 3. The molecule has 5 aromatic rings. The number of rotatable bonds is 10. The van der Waals surface area contributed by atoms with E-state index in [9.17, 15) is 4.79 Å². The van der Waals surface area contributed by atoms with Gasteiger partial charge in [-0.2, -0.15) is 10.1 Å². The van der Waals surface area contributed by atoms with E-state index in [2.05, 4.69) is 23.1 Å². The van der Waals surface area contributed by atoms with Gasteiger partial charge in [0.1, 0.15) is 24.5 Å². The van der Waals surface area contributed by atoms with E-state index in [4.69, 9.17) is 24.3 Å². The zero-order chi connectivity index (χ0) is 32.1. The topological polar surface area (TPSA) is 78.7 Å². The van der Waals surface area contributed by atoms with Gasteiger partial charge in [0, 0.05) is 38.0 Å². The number of anilines is 1. The van der Waals surface area contributed by atoms with E-state index in [0.717, 1.165) is 64.9 Å². The molecule has 0 spiro atoms. The molecular weight excluding hydrogens is 576 g/mol. The summed E-state index contributed by atoms with van der Waals surface area (Å²) in [7, 11) is 1.99. The monoisotopic (exact) mass is 618 g/mol. The van der Waals surface area contributed by atoms with Gasteiger partial charge in [-0.1, -0.05) is 72.8 Å². The van der Waals surface area contributed by atoms with Crippen LogP contribution in [0.3, 0.4) is 0 Å². The first-order valence-corrected chi connectivity index (χ1v) is 16.0. The van der Waals surface area contributed by atoms with Crippen molar-refractivity contribution in [1.29, 1.82) is 0 Å². The van der Waals surface area contributed by atoms with E-state index in [1.807, 2.05) is 105 Å². The van der Waals surface area contributed by atoms with Crippen molar-refractivity contribution in [3.05, 3.63) is 102 Å². The zero-order valence-electron chi connectivity index (χ0n) is 27.1. The maximum atomic E-state index is 12.4. The second-order valence-corrected chi connectivity index (χ2v) is 12.9. The molecule has 0 saturated carbocycles. The third kappa shape index (κ3) is 7.50. The van der Waals surface area contributed by atoms with Crippen molar-refractivity contribution >= 4 is 22.6 Å². The molecule has 3 heterocycles. The van der Waals surface area contributed by atoms with E-state index < -0.39 is 5.60 Å². The molecule has 8 heteroatoms. The minimum absolute atomic E-state index is 0.111. The number of piperidine rings is 1. The van der Waals surface area contributed by atoms with Crippen LogP contribution in [0.4, 0.5) is 5.69 Å². The van der Waals surface area contributed by atoms with Crippen LogP contribution in [0, 0.1) is 5.92 Å². The predicted octanol–water partition coefficient (Wildman–Crippen LogP) is 7.74. The van der Waals surface area contributed by atoms with E-state index in [-0.39, 0.29) is 5.97 Å². The highest BCUT2D eigenvalue weighted by atomic mass is 16.6. The summed E-state index contributed by atoms with van der Waals surface area (Å²) >= 11 is 0. The molecule has 1 fully saturated rings. The van der Waals surface area contributed by atoms with Gasteiger partial charge in [0.25, 0.3) is 0 Å². The van der Waals surface area contributed by atoms with Gasteiger partial charge in [0.2, 0.25) is 11.8 Å². The number of aromatic nitrogens is 3. The number of pyridine rings is 1. The molecular formula is C38H42N4O4. The molecule has 238 valence electrons. The number of aryl methyl sites for hydroxylation is 1. The van der Waals surface area contributed by atoms with Crippen molar-refractivity contribution in [3.63, 3.8) is 0 Å². The second kappa shape index (κ2) is 13.6. The zero-order valence-corrected chi connectivity index (χ0v) is 27.1. The number of carbonyl (C=O) groups excluding carboxylic acids is 1. The lowest BCUT2D eigenvalue weighted by atomic mass is 9.93. The fourth-order valence-corrected chi connectivity index (χ4v) is 6.02. The molecule has 46 heavy (non-hydrogen) atoms. The lowest BCUT2D eigenvalue weighted by molar-refractivity contribution is -0.156. The largest absolute Gasteiger partial charge is 0.473 e. The average molecular weight is 619 g/mol. The molecule has 0 unspecified atom stereocenters. The Kier molecular flexibility index (Phi) is 9.24. The molecule has 1 saturated heterocycles. The van der Waals surface area contributed by atoms with Crippen LogP contribution in [0.15, 0.2) is 91.0 Å². The van der Waals surface area contributed by atoms with Crippen molar-refractivity contribution in [1.82, 2.24) is 14.8 Å². The van der Waals surface area contributed by atoms with E-state index in [1.165, 1.54) is 0 Å². The summed E-state index contributed by atoms with van der Waals surface area (Å²) in [6.07, 6.45) is 2.34. The van der Waals surface area contributed by atoms with Crippen LogP contribution in [0.25, 0.3) is 22.2 Å². The van der Waals surface area contributed by atoms with Gasteiger partial charge in [0.05, 0.1) is 16.8 Å². The number of esters is 1. The highest BCUT2D eigenvalue weighted by Crippen LogP contribution is 2.39.